The summed E-state index contributed by atoms with van der Waals surface area (Å²) in [7, 11) is 0. The van der Waals surface area contributed by atoms with Gasteiger partial charge in [-0.1, -0.05) is 6.92 Å². The van der Waals surface area contributed by atoms with Crippen molar-refractivity contribution < 1.29 is 4.74 Å². The molecule has 21 heavy (non-hydrogen) atoms. The van der Waals surface area contributed by atoms with E-state index >= 15 is 0 Å². The van der Waals surface area contributed by atoms with E-state index in [0.29, 0.717) is 19.3 Å². The van der Waals surface area contributed by atoms with Crippen LogP contribution in [0.3, 0.4) is 0 Å². The summed E-state index contributed by atoms with van der Waals surface area (Å²) < 4.78 is 5.44. The number of rotatable bonds is 8. The molecular formula is C15H26N4OS. The van der Waals surface area contributed by atoms with E-state index in [2.05, 4.69) is 27.5 Å². The molecule has 1 aromatic rings. The average Bonchev–Trinajstić information content (AvgIpc) is 2.52. The van der Waals surface area contributed by atoms with Gasteiger partial charge in [0.1, 0.15) is 18.2 Å². The average molecular weight is 310 g/mol. The summed E-state index contributed by atoms with van der Waals surface area (Å²) in [5.41, 5.74) is 0. The second-order valence-corrected chi connectivity index (χ2v) is 6.37. The van der Waals surface area contributed by atoms with Crippen molar-refractivity contribution in [2.45, 2.75) is 45.8 Å². The Kier molecular flexibility index (Phi) is 7.09. The fraction of sp³-hybridized carbons (Fsp3) is 0.733. The number of ether oxygens (including phenoxy) is 1. The second kappa shape index (κ2) is 9.10. The molecule has 0 atom stereocenters. The topological polar surface area (TPSA) is 59.1 Å². The molecule has 0 radical (unpaired) electrons. The molecule has 0 aromatic carbocycles. The molecule has 0 spiro atoms. The van der Waals surface area contributed by atoms with E-state index in [-0.39, 0.29) is 0 Å². The summed E-state index contributed by atoms with van der Waals surface area (Å²) in [6.07, 6.45) is 3.48. The Labute approximate surface area is 131 Å². The Morgan fingerprint density at radius 3 is 2.71 bits per heavy atom. The minimum Gasteiger partial charge on any atom is -0.374 e. The van der Waals surface area contributed by atoms with Gasteiger partial charge in [0.2, 0.25) is 0 Å². The third-order valence-corrected chi connectivity index (χ3v) is 4.39. The van der Waals surface area contributed by atoms with Gasteiger partial charge >= 0.3 is 0 Å². The number of nitrogens with one attached hydrogen (secondary N) is 2. The lowest BCUT2D eigenvalue weighted by Crippen LogP contribution is -2.25. The predicted octanol–water partition coefficient (Wildman–Crippen LogP) is 3.14. The Balaban J connectivity index is 2.05. The molecule has 0 amide bonds. The SMILES string of the molecule is CCCNc1cc(NC2CCSCC2)nc(COCC)n1. The van der Waals surface area contributed by atoms with Gasteiger partial charge in [-0.15, -0.1) is 0 Å². The molecule has 0 unspecified atom stereocenters. The number of hydrogen-bond acceptors (Lipinski definition) is 6. The highest BCUT2D eigenvalue weighted by Gasteiger charge is 2.15. The van der Waals surface area contributed by atoms with Gasteiger partial charge in [0.15, 0.2) is 5.82 Å². The maximum Gasteiger partial charge on any atom is 0.158 e. The molecule has 0 bridgehead atoms. The first-order valence-corrected chi connectivity index (χ1v) is 9.01. The van der Waals surface area contributed by atoms with E-state index in [0.717, 1.165) is 30.4 Å². The molecule has 118 valence electrons. The minimum absolute atomic E-state index is 0.466. The predicted molar refractivity (Wildman–Crippen MR) is 90.1 cm³/mol. The smallest absolute Gasteiger partial charge is 0.158 e. The molecule has 2 rings (SSSR count). The van der Waals surface area contributed by atoms with Crippen molar-refractivity contribution >= 4 is 23.4 Å². The van der Waals surface area contributed by atoms with Crippen LogP contribution in [0.5, 0.6) is 0 Å². The van der Waals surface area contributed by atoms with Crippen molar-refractivity contribution in [3.8, 4) is 0 Å². The molecule has 1 aromatic heterocycles. The number of thioether (sulfide) groups is 1. The van der Waals surface area contributed by atoms with Crippen LogP contribution in [0.15, 0.2) is 6.07 Å². The first-order chi connectivity index (χ1) is 10.3. The molecule has 1 aliphatic heterocycles. The number of anilines is 2. The van der Waals surface area contributed by atoms with Gasteiger partial charge in [-0.2, -0.15) is 11.8 Å². The fourth-order valence-corrected chi connectivity index (χ4v) is 3.33. The Morgan fingerprint density at radius 2 is 2.00 bits per heavy atom. The zero-order valence-corrected chi connectivity index (χ0v) is 13.8. The van der Waals surface area contributed by atoms with Gasteiger partial charge in [-0.05, 0) is 37.7 Å². The molecule has 2 N–H and O–H groups in total. The van der Waals surface area contributed by atoms with Crippen molar-refractivity contribution in [2.24, 2.45) is 0 Å². The van der Waals surface area contributed by atoms with Crippen molar-refractivity contribution in [3.63, 3.8) is 0 Å². The summed E-state index contributed by atoms with van der Waals surface area (Å²) in [6, 6.07) is 2.53. The molecule has 1 saturated heterocycles. The van der Waals surface area contributed by atoms with E-state index < -0.39 is 0 Å². The first kappa shape index (κ1) is 16.4. The van der Waals surface area contributed by atoms with E-state index in [9.17, 15) is 0 Å². The molecule has 0 saturated carbocycles. The largest absolute Gasteiger partial charge is 0.374 e. The van der Waals surface area contributed by atoms with Crippen LogP contribution >= 0.6 is 11.8 Å². The van der Waals surface area contributed by atoms with E-state index in [1.165, 1.54) is 24.3 Å². The van der Waals surface area contributed by atoms with Crippen LogP contribution in [0.25, 0.3) is 0 Å². The molecule has 0 aliphatic carbocycles. The lowest BCUT2D eigenvalue weighted by molar-refractivity contribution is 0.128. The molecular weight excluding hydrogens is 284 g/mol. The lowest BCUT2D eigenvalue weighted by atomic mass is 10.1. The quantitative estimate of drug-likeness (QED) is 0.769. The highest BCUT2D eigenvalue weighted by molar-refractivity contribution is 7.99. The van der Waals surface area contributed by atoms with Crippen LogP contribution in [0, 0.1) is 0 Å². The molecule has 1 fully saturated rings. The minimum atomic E-state index is 0.466. The van der Waals surface area contributed by atoms with E-state index in [4.69, 9.17) is 4.74 Å². The maximum atomic E-state index is 5.44. The normalized spacial score (nSPS) is 15.9. The standard InChI is InChI=1S/C15H26N4OS/c1-3-7-16-13-10-14(17-12-5-8-21-9-6-12)19-15(18-13)11-20-4-2/h10,12H,3-9,11H2,1-2H3,(H2,16,17,18,19). The summed E-state index contributed by atoms with van der Waals surface area (Å²) in [5.74, 6) is 5.00. The number of nitrogens with zero attached hydrogens (tertiary/aromatic N) is 2. The first-order valence-electron chi connectivity index (χ1n) is 7.85. The summed E-state index contributed by atoms with van der Waals surface area (Å²) in [5, 5.41) is 6.89. The number of aromatic nitrogens is 2. The maximum absolute atomic E-state index is 5.44. The van der Waals surface area contributed by atoms with Gasteiger partial charge in [0.25, 0.3) is 0 Å². The van der Waals surface area contributed by atoms with E-state index in [1.54, 1.807) is 0 Å². The zero-order chi connectivity index (χ0) is 14.9. The Bertz CT molecular complexity index is 398. The Hall–Kier alpha value is -1.01. The van der Waals surface area contributed by atoms with Gasteiger partial charge in [-0.25, -0.2) is 9.97 Å². The summed E-state index contributed by atoms with van der Waals surface area (Å²) in [4.78, 5) is 9.09. The Morgan fingerprint density at radius 1 is 1.24 bits per heavy atom. The number of hydrogen-bond donors (Lipinski definition) is 2. The van der Waals surface area contributed by atoms with Gasteiger partial charge < -0.3 is 15.4 Å². The van der Waals surface area contributed by atoms with Crippen molar-refractivity contribution in [1.82, 2.24) is 9.97 Å². The van der Waals surface area contributed by atoms with Crippen LogP contribution in [0.1, 0.15) is 38.9 Å². The van der Waals surface area contributed by atoms with Crippen LogP contribution < -0.4 is 10.6 Å². The molecule has 2 heterocycles. The van der Waals surface area contributed by atoms with Crippen LogP contribution in [0.4, 0.5) is 11.6 Å². The van der Waals surface area contributed by atoms with Gasteiger partial charge in [0.05, 0.1) is 0 Å². The summed E-state index contributed by atoms with van der Waals surface area (Å²) >= 11 is 2.03. The fourth-order valence-electron chi connectivity index (χ4n) is 2.22. The summed E-state index contributed by atoms with van der Waals surface area (Å²) in [6.45, 7) is 6.20. The molecule has 5 nitrogen and oxygen atoms in total. The van der Waals surface area contributed by atoms with Crippen LogP contribution in [-0.2, 0) is 11.3 Å². The van der Waals surface area contributed by atoms with Crippen molar-refractivity contribution in [2.75, 3.05) is 35.3 Å². The lowest BCUT2D eigenvalue weighted by Gasteiger charge is -2.23. The highest BCUT2D eigenvalue weighted by Crippen LogP contribution is 2.21. The zero-order valence-electron chi connectivity index (χ0n) is 13.0. The second-order valence-electron chi connectivity index (χ2n) is 5.15. The van der Waals surface area contributed by atoms with Crippen molar-refractivity contribution in [3.05, 3.63) is 11.9 Å². The van der Waals surface area contributed by atoms with Gasteiger partial charge in [-0.3, -0.25) is 0 Å². The third kappa shape index (κ3) is 5.71. The molecule has 1 aliphatic rings. The van der Waals surface area contributed by atoms with Crippen LogP contribution in [0.2, 0.25) is 0 Å². The molecule has 6 heteroatoms. The highest BCUT2D eigenvalue weighted by atomic mass is 32.2. The van der Waals surface area contributed by atoms with Crippen molar-refractivity contribution in [1.29, 1.82) is 0 Å². The van der Waals surface area contributed by atoms with E-state index in [1.807, 2.05) is 24.8 Å². The monoisotopic (exact) mass is 310 g/mol. The van der Waals surface area contributed by atoms with Crippen LogP contribution in [-0.4, -0.2) is 40.7 Å². The third-order valence-electron chi connectivity index (χ3n) is 3.34. The van der Waals surface area contributed by atoms with Gasteiger partial charge in [0, 0.05) is 25.3 Å².